The van der Waals surface area contributed by atoms with Crippen LogP contribution in [0.4, 0.5) is 0 Å². The summed E-state index contributed by atoms with van der Waals surface area (Å²) in [4.78, 5) is 25.4. The number of carbonyl (C=O) groups is 1. The molecule has 0 aromatic carbocycles. The Bertz CT molecular complexity index is 467. The number of pyridine rings is 1. The van der Waals surface area contributed by atoms with E-state index in [9.17, 15) is 9.59 Å². The van der Waals surface area contributed by atoms with Crippen LogP contribution in [0.1, 0.15) is 16.8 Å². The van der Waals surface area contributed by atoms with Gasteiger partial charge in [0.05, 0.1) is 0 Å². The van der Waals surface area contributed by atoms with E-state index >= 15 is 0 Å². The van der Waals surface area contributed by atoms with Gasteiger partial charge in [0.25, 0.3) is 11.5 Å². The fourth-order valence-electron chi connectivity index (χ4n) is 1.90. The molecule has 0 spiro atoms. The first-order chi connectivity index (χ1) is 7.59. The molecular formula is C11H15N3O2. The molecule has 1 atom stereocenters. The Kier molecular flexibility index (Phi) is 2.78. The van der Waals surface area contributed by atoms with E-state index in [-0.39, 0.29) is 23.1 Å². The standard InChI is InChI=1S/C11H15N3O2/c1-13-5-2-3-9(10(13)15)11(16)14-6-4-8(12)7-14/h2-3,5,8H,4,6-7,12H2,1H3/t8-/m1/s1. The molecule has 1 aromatic rings. The SMILES string of the molecule is Cn1cccc(C(=O)N2CC[C@@H](N)C2)c1=O. The molecule has 1 amide bonds. The second kappa shape index (κ2) is 4.09. The van der Waals surface area contributed by atoms with Crippen molar-refractivity contribution in [2.75, 3.05) is 13.1 Å². The number of carbonyl (C=O) groups excluding carboxylic acids is 1. The van der Waals surface area contributed by atoms with Gasteiger partial charge < -0.3 is 15.2 Å². The minimum absolute atomic E-state index is 0.0384. The van der Waals surface area contributed by atoms with Crippen LogP contribution in [0.3, 0.4) is 0 Å². The summed E-state index contributed by atoms with van der Waals surface area (Å²) in [6.07, 6.45) is 2.44. The van der Waals surface area contributed by atoms with E-state index in [4.69, 9.17) is 5.73 Å². The molecular weight excluding hydrogens is 206 g/mol. The summed E-state index contributed by atoms with van der Waals surface area (Å²) in [5.74, 6) is -0.214. The van der Waals surface area contributed by atoms with Crippen LogP contribution in [-0.4, -0.2) is 34.5 Å². The van der Waals surface area contributed by atoms with Crippen molar-refractivity contribution in [3.63, 3.8) is 0 Å². The Labute approximate surface area is 93.5 Å². The number of aromatic nitrogens is 1. The summed E-state index contributed by atoms with van der Waals surface area (Å²) < 4.78 is 1.41. The van der Waals surface area contributed by atoms with Crippen LogP contribution >= 0.6 is 0 Å². The molecule has 2 heterocycles. The lowest BCUT2D eigenvalue weighted by molar-refractivity contribution is 0.0788. The molecule has 0 radical (unpaired) electrons. The van der Waals surface area contributed by atoms with Crippen LogP contribution in [0.25, 0.3) is 0 Å². The number of hydrogen-bond acceptors (Lipinski definition) is 3. The number of nitrogens with two attached hydrogens (primary N) is 1. The maximum absolute atomic E-state index is 12.0. The summed E-state index contributed by atoms with van der Waals surface area (Å²) in [6, 6.07) is 3.30. The van der Waals surface area contributed by atoms with Crippen LogP contribution < -0.4 is 11.3 Å². The Morgan fingerprint density at radius 1 is 1.56 bits per heavy atom. The Balaban J connectivity index is 2.28. The lowest BCUT2D eigenvalue weighted by Gasteiger charge is -2.15. The van der Waals surface area contributed by atoms with Gasteiger partial charge >= 0.3 is 0 Å². The highest BCUT2D eigenvalue weighted by atomic mass is 16.2. The molecule has 0 saturated carbocycles. The molecule has 1 saturated heterocycles. The second-order valence-electron chi connectivity index (χ2n) is 4.14. The largest absolute Gasteiger partial charge is 0.337 e. The van der Waals surface area contributed by atoms with Crippen molar-refractivity contribution in [3.8, 4) is 0 Å². The Morgan fingerprint density at radius 2 is 2.31 bits per heavy atom. The zero-order valence-electron chi connectivity index (χ0n) is 9.22. The minimum Gasteiger partial charge on any atom is -0.337 e. The number of likely N-dealkylation sites (tertiary alicyclic amines) is 1. The number of hydrogen-bond donors (Lipinski definition) is 1. The minimum atomic E-state index is -0.257. The molecule has 5 heteroatoms. The maximum atomic E-state index is 12.0. The number of amides is 1. The van der Waals surface area contributed by atoms with Gasteiger partial charge in [-0.25, -0.2) is 0 Å². The quantitative estimate of drug-likeness (QED) is 0.699. The van der Waals surface area contributed by atoms with Gasteiger partial charge in [0.2, 0.25) is 0 Å². The van der Waals surface area contributed by atoms with E-state index in [2.05, 4.69) is 0 Å². The summed E-state index contributed by atoms with van der Waals surface area (Å²) in [6.45, 7) is 1.18. The van der Waals surface area contributed by atoms with Gasteiger partial charge in [-0.3, -0.25) is 9.59 Å². The Hall–Kier alpha value is -1.62. The topological polar surface area (TPSA) is 68.3 Å². The summed E-state index contributed by atoms with van der Waals surface area (Å²) >= 11 is 0. The first kappa shape index (κ1) is 10.9. The van der Waals surface area contributed by atoms with E-state index in [1.165, 1.54) is 4.57 Å². The van der Waals surface area contributed by atoms with Crippen molar-refractivity contribution in [3.05, 3.63) is 34.2 Å². The first-order valence-electron chi connectivity index (χ1n) is 5.30. The molecule has 16 heavy (non-hydrogen) atoms. The van der Waals surface area contributed by atoms with Gasteiger partial charge in [-0.1, -0.05) is 0 Å². The van der Waals surface area contributed by atoms with Crippen LogP contribution in [0.15, 0.2) is 23.1 Å². The van der Waals surface area contributed by atoms with E-state index in [1.807, 2.05) is 0 Å². The molecule has 0 bridgehead atoms. The van der Waals surface area contributed by atoms with Crippen molar-refractivity contribution in [2.45, 2.75) is 12.5 Å². The van der Waals surface area contributed by atoms with Crippen molar-refractivity contribution in [1.82, 2.24) is 9.47 Å². The van der Waals surface area contributed by atoms with Crippen LogP contribution in [0.5, 0.6) is 0 Å². The lowest BCUT2D eigenvalue weighted by atomic mass is 10.2. The monoisotopic (exact) mass is 221 g/mol. The molecule has 1 aliphatic rings. The third kappa shape index (κ3) is 1.86. The summed E-state index contributed by atoms with van der Waals surface area (Å²) in [5, 5.41) is 0. The predicted octanol–water partition coefficient (Wildman–Crippen LogP) is -0.442. The highest BCUT2D eigenvalue weighted by Gasteiger charge is 2.26. The predicted molar refractivity (Wildman–Crippen MR) is 60.2 cm³/mol. The van der Waals surface area contributed by atoms with Gasteiger partial charge in [0, 0.05) is 32.4 Å². The maximum Gasteiger partial charge on any atom is 0.263 e. The van der Waals surface area contributed by atoms with Crippen molar-refractivity contribution >= 4 is 5.91 Å². The highest BCUT2D eigenvalue weighted by molar-refractivity contribution is 5.94. The number of aryl methyl sites for hydroxylation is 1. The normalized spacial score (nSPS) is 20.1. The Morgan fingerprint density at radius 3 is 2.94 bits per heavy atom. The van der Waals surface area contributed by atoms with Gasteiger partial charge in [0.1, 0.15) is 5.56 Å². The molecule has 0 aliphatic carbocycles. The fraction of sp³-hybridized carbons (Fsp3) is 0.455. The fourth-order valence-corrected chi connectivity index (χ4v) is 1.90. The van der Waals surface area contributed by atoms with Gasteiger partial charge in [0.15, 0.2) is 0 Å². The van der Waals surface area contributed by atoms with Gasteiger partial charge in [-0.05, 0) is 18.6 Å². The smallest absolute Gasteiger partial charge is 0.263 e. The molecule has 5 nitrogen and oxygen atoms in total. The van der Waals surface area contributed by atoms with Gasteiger partial charge in [-0.2, -0.15) is 0 Å². The number of rotatable bonds is 1. The van der Waals surface area contributed by atoms with E-state index < -0.39 is 0 Å². The average Bonchev–Trinajstić information content (AvgIpc) is 2.68. The molecule has 1 fully saturated rings. The summed E-state index contributed by atoms with van der Waals surface area (Å²) in [7, 11) is 1.63. The van der Waals surface area contributed by atoms with E-state index in [0.29, 0.717) is 13.1 Å². The highest BCUT2D eigenvalue weighted by Crippen LogP contribution is 2.10. The van der Waals surface area contributed by atoms with Crippen molar-refractivity contribution in [2.24, 2.45) is 12.8 Å². The zero-order chi connectivity index (χ0) is 11.7. The molecule has 2 N–H and O–H groups in total. The molecule has 86 valence electrons. The zero-order valence-corrected chi connectivity index (χ0v) is 9.22. The van der Waals surface area contributed by atoms with E-state index in [1.54, 1.807) is 30.3 Å². The van der Waals surface area contributed by atoms with Crippen LogP contribution in [0.2, 0.25) is 0 Å². The van der Waals surface area contributed by atoms with Crippen molar-refractivity contribution < 1.29 is 4.79 Å². The average molecular weight is 221 g/mol. The van der Waals surface area contributed by atoms with Crippen molar-refractivity contribution in [1.29, 1.82) is 0 Å². The third-order valence-corrected chi connectivity index (χ3v) is 2.87. The van der Waals surface area contributed by atoms with Crippen LogP contribution in [0, 0.1) is 0 Å². The number of nitrogens with zero attached hydrogens (tertiary/aromatic N) is 2. The van der Waals surface area contributed by atoms with E-state index in [0.717, 1.165) is 6.42 Å². The first-order valence-corrected chi connectivity index (χ1v) is 5.30. The molecule has 1 aromatic heterocycles. The lowest BCUT2D eigenvalue weighted by Crippen LogP contribution is -2.36. The second-order valence-corrected chi connectivity index (χ2v) is 4.14. The molecule has 0 unspecified atom stereocenters. The summed E-state index contributed by atoms with van der Waals surface area (Å²) in [5.41, 5.74) is 5.70. The molecule has 1 aliphatic heterocycles. The molecule has 2 rings (SSSR count). The van der Waals surface area contributed by atoms with Gasteiger partial charge in [-0.15, -0.1) is 0 Å². The third-order valence-electron chi connectivity index (χ3n) is 2.87. The van der Waals surface area contributed by atoms with Crippen LogP contribution in [-0.2, 0) is 7.05 Å².